The highest BCUT2D eigenvalue weighted by Gasteiger charge is 2.18. The molecule has 0 spiro atoms. The number of tetrazole rings is 1. The van der Waals surface area contributed by atoms with Gasteiger partial charge in [0.15, 0.2) is 5.82 Å². The first-order chi connectivity index (χ1) is 11.5. The normalized spacial score (nSPS) is 16.1. The third kappa shape index (κ3) is 3.67. The van der Waals surface area contributed by atoms with E-state index in [1.54, 1.807) is 6.92 Å². The van der Waals surface area contributed by atoms with Crippen LogP contribution in [0.5, 0.6) is 0 Å². The van der Waals surface area contributed by atoms with E-state index in [1.165, 1.54) is 22.9 Å². The molecule has 1 fully saturated rings. The van der Waals surface area contributed by atoms with Crippen molar-refractivity contribution in [1.29, 1.82) is 0 Å². The molecule has 0 atom stereocenters. The molecule has 3 rings (SSSR count). The first-order valence-corrected chi connectivity index (χ1v) is 7.84. The van der Waals surface area contributed by atoms with Crippen molar-refractivity contribution in [2.45, 2.75) is 25.8 Å². The second-order valence-electron chi connectivity index (χ2n) is 5.98. The van der Waals surface area contributed by atoms with E-state index in [-0.39, 0.29) is 17.8 Å². The Balaban J connectivity index is 1.67. The molecule has 1 aliphatic heterocycles. The Bertz CT molecular complexity index is 724. The van der Waals surface area contributed by atoms with Crippen molar-refractivity contribution in [1.82, 2.24) is 30.4 Å². The molecule has 2 amide bonds. The second-order valence-corrected chi connectivity index (χ2v) is 5.98. The number of benzene rings is 1. The second kappa shape index (κ2) is 6.91. The van der Waals surface area contributed by atoms with Gasteiger partial charge in [-0.05, 0) is 68.5 Å². The van der Waals surface area contributed by atoms with E-state index >= 15 is 0 Å². The van der Waals surface area contributed by atoms with Gasteiger partial charge in [0.05, 0.1) is 0 Å². The minimum atomic E-state index is -0.466. The smallest absolute Gasteiger partial charge is 0.319 e. The van der Waals surface area contributed by atoms with Gasteiger partial charge in [0.2, 0.25) is 0 Å². The Kier molecular flexibility index (Phi) is 4.70. The molecule has 24 heavy (non-hydrogen) atoms. The number of nitrogens with one attached hydrogen (secondary N) is 2. The number of nitrogens with zero attached hydrogens (tertiary/aromatic N) is 5. The number of halogens is 1. The summed E-state index contributed by atoms with van der Waals surface area (Å²) in [6.07, 6.45) is 1.84. The van der Waals surface area contributed by atoms with Crippen LogP contribution in [0.25, 0.3) is 5.69 Å². The first-order valence-electron chi connectivity index (χ1n) is 7.84. The Morgan fingerprint density at radius 2 is 2.08 bits per heavy atom. The minimum absolute atomic E-state index is 0.155. The van der Waals surface area contributed by atoms with E-state index in [2.05, 4.69) is 38.1 Å². The molecule has 1 saturated heterocycles. The maximum absolute atomic E-state index is 14.0. The third-order valence-electron chi connectivity index (χ3n) is 4.11. The van der Waals surface area contributed by atoms with Crippen LogP contribution in [0.1, 0.15) is 18.7 Å². The molecule has 8 nitrogen and oxygen atoms in total. The van der Waals surface area contributed by atoms with Crippen LogP contribution in [0.4, 0.5) is 14.9 Å². The number of likely N-dealkylation sites (tertiary alicyclic amines) is 1. The molecular weight excluding hydrogens is 313 g/mol. The van der Waals surface area contributed by atoms with Crippen LogP contribution in [-0.2, 0) is 0 Å². The van der Waals surface area contributed by atoms with Crippen LogP contribution in [0, 0.1) is 12.7 Å². The highest BCUT2D eigenvalue weighted by atomic mass is 19.1. The van der Waals surface area contributed by atoms with Crippen LogP contribution in [-0.4, -0.2) is 57.3 Å². The fraction of sp³-hybridized carbons (Fsp3) is 0.467. The SMILES string of the molecule is Cc1nnnn1-c1cc(NC(=O)NC2CCN(C)CC2)ccc1F. The number of aromatic nitrogens is 4. The van der Waals surface area contributed by atoms with Gasteiger partial charge in [-0.3, -0.25) is 0 Å². The van der Waals surface area contributed by atoms with E-state index in [9.17, 15) is 9.18 Å². The maximum atomic E-state index is 14.0. The number of anilines is 1. The van der Waals surface area contributed by atoms with Gasteiger partial charge in [-0.1, -0.05) is 0 Å². The highest BCUT2D eigenvalue weighted by molar-refractivity contribution is 5.89. The van der Waals surface area contributed by atoms with Crippen LogP contribution < -0.4 is 10.6 Å². The molecule has 128 valence electrons. The zero-order chi connectivity index (χ0) is 17.1. The molecule has 0 bridgehead atoms. The number of carbonyl (C=O) groups is 1. The van der Waals surface area contributed by atoms with Crippen molar-refractivity contribution in [3.8, 4) is 5.69 Å². The molecule has 0 aliphatic carbocycles. The van der Waals surface area contributed by atoms with Crippen molar-refractivity contribution >= 4 is 11.7 Å². The Hall–Kier alpha value is -2.55. The summed E-state index contributed by atoms with van der Waals surface area (Å²) in [7, 11) is 2.07. The van der Waals surface area contributed by atoms with Gasteiger partial charge in [-0.2, -0.15) is 4.68 Å². The van der Waals surface area contributed by atoms with Crippen LogP contribution >= 0.6 is 0 Å². The molecule has 1 aliphatic rings. The van der Waals surface area contributed by atoms with Crippen molar-refractivity contribution in [2.75, 3.05) is 25.5 Å². The number of hydrogen-bond acceptors (Lipinski definition) is 5. The largest absolute Gasteiger partial charge is 0.335 e. The number of aryl methyl sites for hydroxylation is 1. The number of urea groups is 1. The predicted molar refractivity (Wildman–Crippen MR) is 86.5 cm³/mol. The maximum Gasteiger partial charge on any atom is 0.319 e. The monoisotopic (exact) mass is 333 g/mol. The summed E-state index contributed by atoms with van der Waals surface area (Å²) >= 11 is 0. The van der Waals surface area contributed by atoms with E-state index in [1.807, 2.05) is 0 Å². The lowest BCUT2D eigenvalue weighted by molar-refractivity contribution is 0.221. The van der Waals surface area contributed by atoms with Gasteiger partial charge in [0.1, 0.15) is 11.5 Å². The topological polar surface area (TPSA) is 88.0 Å². The molecule has 9 heteroatoms. The summed E-state index contributed by atoms with van der Waals surface area (Å²) in [6, 6.07) is 4.15. The standard InChI is InChI=1S/C15H20FN7O/c1-10-19-20-21-23(10)14-9-12(3-4-13(14)16)18-15(24)17-11-5-7-22(2)8-6-11/h3-4,9,11H,5-8H2,1-2H3,(H2,17,18,24). The Labute approximate surface area is 139 Å². The van der Waals surface area contributed by atoms with Crippen LogP contribution in [0.3, 0.4) is 0 Å². The van der Waals surface area contributed by atoms with Crippen molar-refractivity contribution in [3.63, 3.8) is 0 Å². The zero-order valence-electron chi connectivity index (χ0n) is 13.7. The van der Waals surface area contributed by atoms with E-state index in [0.29, 0.717) is 11.5 Å². The third-order valence-corrected chi connectivity index (χ3v) is 4.11. The highest BCUT2D eigenvalue weighted by Crippen LogP contribution is 2.19. The lowest BCUT2D eigenvalue weighted by Crippen LogP contribution is -2.44. The van der Waals surface area contributed by atoms with Crippen LogP contribution in [0.2, 0.25) is 0 Å². The van der Waals surface area contributed by atoms with Gasteiger partial charge in [-0.15, -0.1) is 5.10 Å². The molecule has 0 saturated carbocycles. The van der Waals surface area contributed by atoms with Crippen molar-refractivity contribution < 1.29 is 9.18 Å². The molecular formula is C15H20FN7O. The Morgan fingerprint density at radius 3 is 2.75 bits per heavy atom. The molecule has 1 aromatic heterocycles. The fourth-order valence-corrected chi connectivity index (χ4v) is 2.71. The minimum Gasteiger partial charge on any atom is -0.335 e. The van der Waals surface area contributed by atoms with Crippen molar-refractivity contribution in [3.05, 3.63) is 29.8 Å². The number of piperidine rings is 1. The summed E-state index contributed by atoms with van der Waals surface area (Å²) in [5, 5.41) is 16.7. The number of rotatable bonds is 3. The summed E-state index contributed by atoms with van der Waals surface area (Å²) in [4.78, 5) is 14.4. The number of amides is 2. The van der Waals surface area contributed by atoms with E-state index in [0.717, 1.165) is 25.9 Å². The average molecular weight is 333 g/mol. The summed E-state index contributed by atoms with van der Waals surface area (Å²) in [5.41, 5.74) is 0.668. The van der Waals surface area contributed by atoms with Crippen LogP contribution in [0.15, 0.2) is 18.2 Å². The lowest BCUT2D eigenvalue weighted by Gasteiger charge is -2.29. The number of hydrogen-bond donors (Lipinski definition) is 2. The van der Waals surface area contributed by atoms with Gasteiger partial charge in [0, 0.05) is 11.7 Å². The van der Waals surface area contributed by atoms with E-state index in [4.69, 9.17) is 0 Å². The number of carbonyl (C=O) groups excluding carboxylic acids is 1. The molecule has 2 aromatic rings. The van der Waals surface area contributed by atoms with Gasteiger partial charge < -0.3 is 15.5 Å². The summed E-state index contributed by atoms with van der Waals surface area (Å²) < 4.78 is 15.3. The van der Waals surface area contributed by atoms with E-state index < -0.39 is 5.82 Å². The lowest BCUT2D eigenvalue weighted by atomic mass is 10.1. The summed E-state index contributed by atoms with van der Waals surface area (Å²) in [5.74, 6) is -0.00602. The molecule has 2 N–H and O–H groups in total. The Morgan fingerprint density at radius 1 is 1.33 bits per heavy atom. The summed E-state index contributed by atoms with van der Waals surface area (Å²) in [6.45, 7) is 3.60. The molecule has 0 unspecified atom stereocenters. The molecule has 0 radical (unpaired) electrons. The zero-order valence-corrected chi connectivity index (χ0v) is 13.7. The predicted octanol–water partition coefficient (Wildman–Crippen LogP) is 1.33. The van der Waals surface area contributed by atoms with Gasteiger partial charge in [0.25, 0.3) is 0 Å². The first kappa shape index (κ1) is 16.3. The fourth-order valence-electron chi connectivity index (χ4n) is 2.71. The van der Waals surface area contributed by atoms with Gasteiger partial charge in [-0.25, -0.2) is 9.18 Å². The molecule has 2 heterocycles. The quantitative estimate of drug-likeness (QED) is 0.885. The van der Waals surface area contributed by atoms with Gasteiger partial charge >= 0.3 is 6.03 Å². The van der Waals surface area contributed by atoms with Crippen molar-refractivity contribution in [2.24, 2.45) is 0 Å². The molecule has 1 aromatic carbocycles. The average Bonchev–Trinajstić information content (AvgIpc) is 2.97.